The number of aliphatic carboxylic acids is 1. The second-order valence-corrected chi connectivity index (χ2v) is 13.6. The molecule has 6 nitrogen and oxygen atoms in total. The molecule has 0 bridgehead atoms. The van der Waals surface area contributed by atoms with Crippen LogP contribution in [0.5, 0.6) is 0 Å². The van der Waals surface area contributed by atoms with Gasteiger partial charge in [0.25, 0.3) is 0 Å². The summed E-state index contributed by atoms with van der Waals surface area (Å²) in [6, 6.07) is 0.161. The van der Waals surface area contributed by atoms with Gasteiger partial charge in [0, 0.05) is 13.1 Å². The summed E-state index contributed by atoms with van der Waals surface area (Å²) in [6.07, 6.45) is 20.1. The van der Waals surface area contributed by atoms with Crippen molar-refractivity contribution in [1.29, 1.82) is 0 Å². The lowest BCUT2D eigenvalue weighted by Gasteiger charge is -2.38. The van der Waals surface area contributed by atoms with Crippen LogP contribution in [0.4, 0.5) is 0 Å². The Kier molecular flexibility index (Phi) is 10.6. The number of carbonyl (C=O) groups excluding carboxylic acids is 2. The van der Waals surface area contributed by atoms with E-state index >= 15 is 0 Å². The monoisotopic (exact) mass is 530 g/mol. The van der Waals surface area contributed by atoms with Gasteiger partial charge in [-0.1, -0.05) is 58.3 Å². The van der Waals surface area contributed by atoms with Crippen LogP contribution in [0.2, 0.25) is 0 Å². The van der Waals surface area contributed by atoms with E-state index in [1.54, 1.807) is 7.05 Å². The van der Waals surface area contributed by atoms with Crippen LogP contribution in [0.25, 0.3) is 0 Å². The zero-order valence-electron chi connectivity index (χ0n) is 24.1. The largest absolute Gasteiger partial charge is 0.481 e. The summed E-state index contributed by atoms with van der Waals surface area (Å²) < 4.78 is 0. The number of hydrogen-bond donors (Lipinski definition) is 3. The summed E-state index contributed by atoms with van der Waals surface area (Å²) >= 11 is 0. The van der Waals surface area contributed by atoms with Crippen molar-refractivity contribution in [1.82, 2.24) is 10.6 Å². The molecule has 0 heterocycles. The van der Waals surface area contributed by atoms with E-state index in [9.17, 15) is 19.5 Å². The van der Waals surface area contributed by atoms with Crippen molar-refractivity contribution in [3.63, 3.8) is 0 Å². The first kappa shape index (κ1) is 29.4. The number of carboxylic acid groups (broad SMARTS) is 1. The number of carboxylic acids is 1. The fraction of sp³-hybridized carbons (Fsp3) is 0.906. The fourth-order valence-corrected chi connectivity index (χ4v) is 8.75. The first-order valence-electron chi connectivity index (χ1n) is 16.1. The average molecular weight is 531 g/mol. The van der Waals surface area contributed by atoms with Crippen molar-refractivity contribution in [2.24, 2.45) is 40.9 Å². The molecule has 4 saturated carbocycles. The Bertz CT molecular complexity index is 791. The van der Waals surface area contributed by atoms with Crippen molar-refractivity contribution >= 4 is 17.8 Å². The molecule has 216 valence electrons. The smallest absolute Gasteiger partial charge is 0.307 e. The summed E-state index contributed by atoms with van der Waals surface area (Å²) in [5.74, 6) is 0.662. The minimum absolute atomic E-state index is 0.0559. The van der Waals surface area contributed by atoms with Gasteiger partial charge >= 0.3 is 5.97 Å². The molecule has 3 unspecified atom stereocenters. The molecule has 3 atom stereocenters. The third-order valence-electron chi connectivity index (χ3n) is 11.3. The molecule has 0 spiro atoms. The van der Waals surface area contributed by atoms with Gasteiger partial charge in [0.1, 0.15) is 0 Å². The molecule has 4 aliphatic carbocycles. The lowest BCUT2D eigenvalue weighted by atomic mass is 9.66. The number of carbonyl (C=O) groups is 3. The molecule has 38 heavy (non-hydrogen) atoms. The van der Waals surface area contributed by atoms with E-state index < -0.39 is 23.2 Å². The Balaban J connectivity index is 1.36. The summed E-state index contributed by atoms with van der Waals surface area (Å²) in [5, 5.41) is 16.3. The molecular formula is C32H54N2O4. The molecule has 0 saturated heterocycles. The first-order chi connectivity index (χ1) is 18.3. The SMILES string of the molecule is CNC(=O)C1(C2CCCCCC2)CCC(C(=O)O)C(C(=O)NC2CCC(CC3CCC(C)CC3)CC2)CC1. The Morgan fingerprint density at radius 2 is 1.29 bits per heavy atom. The van der Waals surface area contributed by atoms with E-state index in [0.29, 0.717) is 25.7 Å². The van der Waals surface area contributed by atoms with Crippen molar-refractivity contribution < 1.29 is 19.5 Å². The molecule has 2 amide bonds. The molecule has 4 rings (SSSR count). The highest BCUT2D eigenvalue weighted by molar-refractivity contribution is 5.86. The third-order valence-corrected chi connectivity index (χ3v) is 11.3. The molecule has 0 aromatic rings. The van der Waals surface area contributed by atoms with Gasteiger partial charge in [-0.2, -0.15) is 0 Å². The second kappa shape index (κ2) is 13.7. The first-order valence-corrected chi connectivity index (χ1v) is 16.1. The lowest BCUT2D eigenvalue weighted by Crippen LogP contribution is -2.45. The van der Waals surface area contributed by atoms with Crippen LogP contribution in [0.15, 0.2) is 0 Å². The predicted molar refractivity (Wildman–Crippen MR) is 150 cm³/mol. The molecular weight excluding hydrogens is 476 g/mol. The van der Waals surface area contributed by atoms with Gasteiger partial charge in [-0.25, -0.2) is 0 Å². The Morgan fingerprint density at radius 1 is 0.737 bits per heavy atom. The molecule has 0 aliphatic heterocycles. The molecule has 4 aliphatic rings. The molecule has 3 N–H and O–H groups in total. The van der Waals surface area contributed by atoms with E-state index in [1.807, 2.05) is 0 Å². The number of nitrogens with one attached hydrogen (secondary N) is 2. The Labute approximate surface area is 230 Å². The van der Waals surface area contributed by atoms with Crippen LogP contribution >= 0.6 is 0 Å². The minimum Gasteiger partial charge on any atom is -0.481 e. The number of hydrogen-bond acceptors (Lipinski definition) is 3. The van der Waals surface area contributed by atoms with Crippen molar-refractivity contribution in [2.75, 3.05) is 7.05 Å². The maximum atomic E-state index is 13.6. The van der Waals surface area contributed by atoms with Gasteiger partial charge in [-0.3, -0.25) is 14.4 Å². The lowest BCUT2D eigenvalue weighted by molar-refractivity contribution is -0.148. The molecule has 0 aromatic carbocycles. The van der Waals surface area contributed by atoms with Crippen LogP contribution in [0, 0.1) is 40.9 Å². The topological polar surface area (TPSA) is 95.5 Å². The fourth-order valence-electron chi connectivity index (χ4n) is 8.75. The van der Waals surface area contributed by atoms with E-state index in [0.717, 1.165) is 56.3 Å². The van der Waals surface area contributed by atoms with Gasteiger partial charge < -0.3 is 15.7 Å². The van der Waals surface area contributed by atoms with Crippen LogP contribution in [0.3, 0.4) is 0 Å². The van der Waals surface area contributed by atoms with Gasteiger partial charge in [0.2, 0.25) is 11.8 Å². The van der Waals surface area contributed by atoms with E-state index in [1.165, 1.54) is 57.8 Å². The maximum absolute atomic E-state index is 13.6. The Hall–Kier alpha value is -1.59. The van der Waals surface area contributed by atoms with Gasteiger partial charge in [-0.15, -0.1) is 0 Å². The highest BCUT2D eigenvalue weighted by Gasteiger charge is 2.49. The highest BCUT2D eigenvalue weighted by Crippen LogP contribution is 2.49. The zero-order chi connectivity index (χ0) is 27.1. The van der Waals surface area contributed by atoms with Gasteiger partial charge in [0.05, 0.1) is 17.3 Å². The third kappa shape index (κ3) is 7.13. The summed E-state index contributed by atoms with van der Waals surface area (Å²) in [6.45, 7) is 2.38. The average Bonchev–Trinajstić information content (AvgIpc) is 3.31. The van der Waals surface area contributed by atoms with Gasteiger partial charge in [0.15, 0.2) is 0 Å². The summed E-state index contributed by atoms with van der Waals surface area (Å²) in [5.41, 5.74) is -0.545. The van der Waals surface area contributed by atoms with Crippen molar-refractivity contribution in [3.05, 3.63) is 0 Å². The van der Waals surface area contributed by atoms with Crippen molar-refractivity contribution in [3.8, 4) is 0 Å². The highest BCUT2D eigenvalue weighted by atomic mass is 16.4. The van der Waals surface area contributed by atoms with Crippen LogP contribution in [-0.4, -0.2) is 36.0 Å². The summed E-state index contributed by atoms with van der Waals surface area (Å²) in [7, 11) is 1.70. The number of amides is 2. The maximum Gasteiger partial charge on any atom is 0.307 e. The number of rotatable bonds is 7. The second-order valence-electron chi connectivity index (χ2n) is 13.6. The minimum atomic E-state index is -0.885. The van der Waals surface area contributed by atoms with Gasteiger partial charge in [-0.05, 0) is 94.3 Å². The summed E-state index contributed by atoms with van der Waals surface area (Å²) in [4.78, 5) is 39.3. The standard InChI is InChI=1S/C32H54N2O4/c1-22-9-11-23(12-10-22)21-24-13-15-26(16-14-24)34-29(35)27-17-19-32(31(38)33-2,20-18-28(27)30(36)37)25-7-5-3-4-6-8-25/h22-28H,3-21H2,1-2H3,(H,33,38)(H,34,35)(H,36,37). The predicted octanol–water partition coefficient (Wildman–Crippen LogP) is 6.47. The van der Waals surface area contributed by atoms with E-state index in [-0.39, 0.29) is 23.8 Å². The quantitative estimate of drug-likeness (QED) is 0.329. The normalized spacial score (nSPS) is 37.4. The molecule has 6 heteroatoms. The Morgan fingerprint density at radius 3 is 1.84 bits per heavy atom. The van der Waals surface area contributed by atoms with Crippen LogP contribution in [0.1, 0.15) is 129 Å². The van der Waals surface area contributed by atoms with Crippen LogP contribution < -0.4 is 10.6 Å². The molecule has 0 aromatic heterocycles. The van der Waals surface area contributed by atoms with E-state index in [4.69, 9.17) is 0 Å². The van der Waals surface area contributed by atoms with E-state index in [2.05, 4.69) is 17.6 Å². The van der Waals surface area contributed by atoms with Crippen LogP contribution in [-0.2, 0) is 14.4 Å². The molecule has 0 radical (unpaired) electrons. The molecule has 4 fully saturated rings. The zero-order valence-corrected chi connectivity index (χ0v) is 24.1. The van der Waals surface area contributed by atoms with Crippen molar-refractivity contribution in [2.45, 2.75) is 135 Å².